The third kappa shape index (κ3) is 1.26. The van der Waals surface area contributed by atoms with E-state index in [0.29, 0.717) is 12.4 Å². The van der Waals surface area contributed by atoms with Gasteiger partial charge in [-0.1, -0.05) is 0 Å². The smallest absolute Gasteiger partial charge is 0.412 e. The molecule has 4 nitrogen and oxygen atoms in total. The molecule has 0 aromatic carbocycles. The number of amides is 1. The highest BCUT2D eigenvalue weighted by atomic mass is 16.4. The zero-order valence-electron chi connectivity index (χ0n) is 5.87. The van der Waals surface area contributed by atoms with Crippen molar-refractivity contribution in [2.45, 2.75) is 13.3 Å². The predicted octanol–water partition coefficient (Wildman–Crippen LogP) is 0.789. The van der Waals surface area contributed by atoms with Crippen molar-refractivity contribution in [1.82, 2.24) is 4.90 Å². The molecule has 0 saturated heterocycles. The molecule has 56 valence electrons. The molecule has 4 heteroatoms. The van der Waals surface area contributed by atoms with Crippen molar-refractivity contribution >= 4 is 11.9 Å². The normalized spacial score (nSPS) is 18.5. The molecule has 0 unspecified atom stereocenters. The maximum atomic E-state index is 10.4. The van der Waals surface area contributed by atoms with Gasteiger partial charge in [-0.25, -0.2) is 4.79 Å². The minimum atomic E-state index is -0.902. The van der Waals surface area contributed by atoms with Crippen molar-refractivity contribution in [3.05, 3.63) is 0 Å². The number of carboxylic acid groups (broad SMARTS) is 1. The van der Waals surface area contributed by atoms with Gasteiger partial charge in [0.1, 0.15) is 5.84 Å². The Morgan fingerprint density at radius 2 is 2.50 bits per heavy atom. The van der Waals surface area contributed by atoms with E-state index in [1.807, 2.05) is 0 Å². The third-order valence-corrected chi connectivity index (χ3v) is 1.50. The van der Waals surface area contributed by atoms with Crippen LogP contribution in [0.1, 0.15) is 13.3 Å². The van der Waals surface area contributed by atoms with Gasteiger partial charge in [-0.05, 0) is 13.3 Å². The van der Waals surface area contributed by atoms with Gasteiger partial charge < -0.3 is 5.11 Å². The van der Waals surface area contributed by atoms with Gasteiger partial charge in [0.25, 0.3) is 0 Å². The summed E-state index contributed by atoms with van der Waals surface area (Å²) in [6.45, 7) is 3.06. The molecule has 1 heterocycles. The Hall–Kier alpha value is -1.06. The number of hydrogen-bond acceptors (Lipinski definition) is 2. The van der Waals surface area contributed by atoms with Crippen LogP contribution in [0, 0.1) is 0 Å². The second-order valence-electron chi connectivity index (χ2n) is 2.22. The summed E-state index contributed by atoms with van der Waals surface area (Å²) in [5.41, 5.74) is 0. The first-order valence-electron chi connectivity index (χ1n) is 3.23. The summed E-state index contributed by atoms with van der Waals surface area (Å²) in [5, 5.41) is 8.55. The Morgan fingerprint density at radius 3 is 2.90 bits per heavy atom. The quantitative estimate of drug-likeness (QED) is 0.543. The standard InChI is InChI=1S/C6H10N2O2/c1-5-7-3-2-4-8(5)6(9)10/h2-4H2,1H3,(H,9,10). The van der Waals surface area contributed by atoms with Gasteiger partial charge in [0.15, 0.2) is 0 Å². The van der Waals surface area contributed by atoms with Gasteiger partial charge in [-0.3, -0.25) is 9.89 Å². The fourth-order valence-electron chi connectivity index (χ4n) is 0.951. The zero-order chi connectivity index (χ0) is 7.56. The minimum Gasteiger partial charge on any atom is -0.465 e. The Morgan fingerprint density at radius 1 is 1.80 bits per heavy atom. The number of amidine groups is 1. The Labute approximate surface area is 59.2 Å². The van der Waals surface area contributed by atoms with Crippen LogP contribution < -0.4 is 0 Å². The van der Waals surface area contributed by atoms with Gasteiger partial charge in [-0.2, -0.15) is 0 Å². The van der Waals surface area contributed by atoms with Crippen LogP contribution in [0.3, 0.4) is 0 Å². The van der Waals surface area contributed by atoms with Crippen LogP contribution in [0.2, 0.25) is 0 Å². The average Bonchev–Trinajstić information content (AvgIpc) is 1.88. The van der Waals surface area contributed by atoms with Crippen molar-refractivity contribution in [2.24, 2.45) is 4.99 Å². The van der Waals surface area contributed by atoms with Gasteiger partial charge in [0, 0.05) is 13.1 Å². The summed E-state index contributed by atoms with van der Waals surface area (Å²) in [7, 11) is 0. The highest BCUT2D eigenvalue weighted by Crippen LogP contribution is 2.01. The van der Waals surface area contributed by atoms with Crippen LogP contribution in [-0.2, 0) is 0 Å². The van der Waals surface area contributed by atoms with Crippen LogP contribution in [-0.4, -0.2) is 35.0 Å². The number of carbonyl (C=O) groups is 1. The first kappa shape index (κ1) is 7.05. The third-order valence-electron chi connectivity index (χ3n) is 1.50. The molecule has 0 radical (unpaired) electrons. The Kier molecular flexibility index (Phi) is 1.89. The van der Waals surface area contributed by atoms with E-state index in [9.17, 15) is 4.79 Å². The van der Waals surface area contributed by atoms with E-state index in [1.165, 1.54) is 4.90 Å². The molecule has 0 bridgehead atoms. The molecule has 0 atom stereocenters. The SMILES string of the molecule is CC1=NCCCN1C(=O)O. The second kappa shape index (κ2) is 2.68. The number of rotatable bonds is 0. The topological polar surface area (TPSA) is 52.9 Å². The summed E-state index contributed by atoms with van der Waals surface area (Å²) in [4.78, 5) is 15.7. The molecule has 0 aliphatic carbocycles. The van der Waals surface area contributed by atoms with Gasteiger partial charge in [0.05, 0.1) is 0 Å². The van der Waals surface area contributed by atoms with Crippen LogP contribution in [0.5, 0.6) is 0 Å². The van der Waals surface area contributed by atoms with Crippen molar-refractivity contribution < 1.29 is 9.90 Å². The first-order valence-corrected chi connectivity index (χ1v) is 3.23. The van der Waals surface area contributed by atoms with Crippen molar-refractivity contribution in [3.8, 4) is 0 Å². The fraction of sp³-hybridized carbons (Fsp3) is 0.667. The Bertz CT molecular complexity index is 177. The molecule has 0 aromatic rings. The molecule has 1 N–H and O–H groups in total. The van der Waals surface area contributed by atoms with Crippen LogP contribution in [0.4, 0.5) is 4.79 Å². The maximum absolute atomic E-state index is 10.4. The lowest BCUT2D eigenvalue weighted by Gasteiger charge is -2.21. The molecule has 1 amide bonds. The van der Waals surface area contributed by atoms with Crippen LogP contribution in [0.25, 0.3) is 0 Å². The van der Waals surface area contributed by atoms with Crippen molar-refractivity contribution in [3.63, 3.8) is 0 Å². The van der Waals surface area contributed by atoms with E-state index in [0.717, 1.165) is 13.0 Å². The second-order valence-corrected chi connectivity index (χ2v) is 2.22. The molecule has 10 heavy (non-hydrogen) atoms. The van der Waals surface area contributed by atoms with E-state index in [-0.39, 0.29) is 0 Å². The number of hydrogen-bond donors (Lipinski definition) is 1. The lowest BCUT2D eigenvalue weighted by molar-refractivity contribution is 0.167. The molecule has 1 aliphatic rings. The van der Waals surface area contributed by atoms with Crippen molar-refractivity contribution in [2.75, 3.05) is 13.1 Å². The average molecular weight is 142 g/mol. The molecule has 1 aliphatic heterocycles. The van der Waals surface area contributed by atoms with E-state index >= 15 is 0 Å². The summed E-state index contributed by atoms with van der Waals surface area (Å²) >= 11 is 0. The molecular formula is C6H10N2O2. The Balaban J connectivity index is 2.67. The lowest BCUT2D eigenvalue weighted by atomic mass is 10.3. The molecule has 0 spiro atoms. The van der Waals surface area contributed by atoms with Gasteiger partial charge in [-0.15, -0.1) is 0 Å². The van der Waals surface area contributed by atoms with E-state index < -0.39 is 6.09 Å². The zero-order valence-corrected chi connectivity index (χ0v) is 5.87. The molecule has 1 rings (SSSR count). The van der Waals surface area contributed by atoms with Crippen molar-refractivity contribution in [1.29, 1.82) is 0 Å². The summed E-state index contributed by atoms with van der Waals surface area (Å²) in [6.07, 6.45) is -0.0650. The number of nitrogens with zero attached hydrogens (tertiary/aromatic N) is 2. The minimum absolute atomic E-state index is 0.588. The molecule has 0 aromatic heterocycles. The summed E-state index contributed by atoms with van der Waals surface area (Å²) < 4.78 is 0. The van der Waals surface area contributed by atoms with E-state index in [1.54, 1.807) is 6.92 Å². The van der Waals surface area contributed by atoms with Crippen LogP contribution >= 0.6 is 0 Å². The molecular weight excluding hydrogens is 132 g/mol. The van der Waals surface area contributed by atoms with Crippen LogP contribution in [0.15, 0.2) is 4.99 Å². The van der Waals surface area contributed by atoms with Gasteiger partial charge in [0.2, 0.25) is 0 Å². The summed E-state index contributed by atoms with van der Waals surface area (Å²) in [5.74, 6) is 0.610. The highest BCUT2D eigenvalue weighted by Gasteiger charge is 2.16. The largest absolute Gasteiger partial charge is 0.465 e. The summed E-state index contributed by atoms with van der Waals surface area (Å²) in [6, 6.07) is 0. The highest BCUT2D eigenvalue weighted by molar-refractivity contribution is 5.93. The number of aliphatic imine (C=N–C) groups is 1. The predicted molar refractivity (Wildman–Crippen MR) is 37.3 cm³/mol. The van der Waals surface area contributed by atoms with E-state index in [2.05, 4.69) is 4.99 Å². The first-order chi connectivity index (χ1) is 4.72. The maximum Gasteiger partial charge on any atom is 0.412 e. The lowest BCUT2D eigenvalue weighted by Crippen LogP contribution is -2.37. The van der Waals surface area contributed by atoms with Gasteiger partial charge >= 0.3 is 6.09 Å². The molecule has 0 fully saturated rings. The fourth-order valence-corrected chi connectivity index (χ4v) is 0.951. The monoisotopic (exact) mass is 142 g/mol. The molecule has 0 saturated carbocycles. The van der Waals surface area contributed by atoms with E-state index in [4.69, 9.17) is 5.11 Å².